The third-order valence-corrected chi connectivity index (χ3v) is 3.86. The lowest BCUT2D eigenvalue weighted by Crippen LogP contribution is -2.33. The molecule has 1 aliphatic rings. The van der Waals surface area contributed by atoms with Crippen LogP contribution in [0.15, 0.2) is 24.3 Å². The fourth-order valence-electron chi connectivity index (χ4n) is 2.76. The van der Waals surface area contributed by atoms with Crippen LogP contribution in [0, 0.1) is 0 Å². The van der Waals surface area contributed by atoms with Crippen molar-refractivity contribution in [1.29, 1.82) is 0 Å². The van der Waals surface area contributed by atoms with Crippen LogP contribution >= 0.6 is 0 Å². The summed E-state index contributed by atoms with van der Waals surface area (Å²) in [4.78, 5) is 2.46. The first-order valence-electron chi connectivity index (χ1n) is 7.41. The number of nitrogens with zero attached hydrogens (tertiary/aromatic N) is 1. The van der Waals surface area contributed by atoms with Gasteiger partial charge in [0.2, 0.25) is 0 Å². The van der Waals surface area contributed by atoms with E-state index in [0.29, 0.717) is 0 Å². The first kappa shape index (κ1) is 15.1. The van der Waals surface area contributed by atoms with Crippen LogP contribution in [0.1, 0.15) is 26.2 Å². The summed E-state index contributed by atoms with van der Waals surface area (Å²) in [7, 11) is 3.32. The molecule has 112 valence electrons. The predicted octanol–water partition coefficient (Wildman–Crippen LogP) is 3.10. The molecule has 0 aliphatic carbocycles. The summed E-state index contributed by atoms with van der Waals surface area (Å²) in [6.45, 7) is 4.41. The smallest absolute Gasteiger partial charge is 0.176 e. The Morgan fingerprint density at radius 1 is 1.00 bits per heavy atom. The van der Waals surface area contributed by atoms with Crippen LogP contribution in [0.25, 0.3) is 0 Å². The number of rotatable bonds is 6. The Morgan fingerprint density at radius 3 is 2.15 bits per heavy atom. The number of piperidine rings is 1. The van der Waals surface area contributed by atoms with Gasteiger partial charge in [0, 0.05) is 38.7 Å². The van der Waals surface area contributed by atoms with Gasteiger partial charge in [-0.3, -0.25) is 0 Å². The quantitative estimate of drug-likeness (QED) is 0.811. The van der Waals surface area contributed by atoms with E-state index in [4.69, 9.17) is 9.47 Å². The van der Waals surface area contributed by atoms with Gasteiger partial charge in [-0.15, -0.1) is 0 Å². The lowest BCUT2D eigenvalue weighted by Gasteiger charge is -2.29. The van der Waals surface area contributed by atoms with E-state index >= 15 is 0 Å². The molecule has 1 aromatic carbocycles. The number of nitrogens with one attached hydrogen (secondary N) is 1. The molecule has 1 unspecified atom stereocenters. The van der Waals surface area contributed by atoms with Gasteiger partial charge in [0.05, 0.1) is 6.04 Å². The molecule has 0 saturated carbocycles. The summed E-state index contributed by atoms with van der Waals surface area (Å²) < 4.78 is 10.5. The molecule has 2 rings (SSSR count). The second-order valence-electron chi connectivity index (χ2n) is 5.37. The third-order valence-electron chi connectivity index (χ3n) is 3.86. The summed E-state index contributed by atoms with van der Waals surface area (Å²) in [6, 6.07) is 8.74. The van der Waals surface area contributed by atoms with Crippen LogP contribution < -0.4 is 10.2 Å². The lowest BCUT2D eigenvalue weighted by atomic mass is 10.1. The molecule has 0 aromatic heterocycles. The topological polar surface area (TPSA) is 33.7 Å². The highest BCUT2D eigenvalue weighted by Gasteiger charge is 2.15. The second-order valence-corrected chi connectivity index (χ2v) is 5.37. The first-order valence-corrected chi connectivity index (χ1v) is 7.41. The summed E-state index contributed by atoms with van der Waals surface area (Å²) in [5, 5.41) is 3.41. The lowest BCUT2D eigenvalue weighted by molar-refractivity contribution is -0.109. The molecule has 20 heavy (non-hydrogen) atoms. The third kappa shape index (κ3) is 3.87. The number of methoxy groups -OCH3 is 2. The van der Waals surface area contributed by atoms with Gasteiger partial charge >= 0.3 is 0 Å². The number of ether oxygens (including phenoxy) is 2. The molecule has 1 aromatic rings. The van der Waals surface area contributed by atoms with Crippen molar-refractivity contribution in [3.63, 3.8) is 0 Å². The van der Waals surface area contributed by atoms with Crippen molar-refractivity contribution in [2.45, 2.75) is 38.5 Å². The van der Waals surface area contributed by atoms with E-state index in [1.165, 1.54) is 38.0 Å². The molecule has 1 aliphatic heterocycles. The average Bonchev–Trinajstić information content (AvgIpc) is 2.50. The number of hydrogen-bond donors (Lipinski definition) is 1. The fraction of sp³-hybridized carbons (Fsp3) is 0.625. The number of benzene rings is 1. The van der Waals surface area contributed by atoms with Crippen molar-refractivity contribution < 1.29 is 9.47 Å². The Labute approximate surface area is 122 Å². The van der Waals surface area contributed by atoms with E-state index in [1.54, 1.807) is 14.2 Å². The van der Waals surface area contributed by atoms with Crippen LogP contribution in [0.2, 0.25) is 0 Å². The van der Waals surface area contributed by atoms with E-state index in [-0.39, 0.29) is 12.3 Å². The van der Waals surface area contributed by atoms with Gasteiger partial charge in [-0.1, -0.05) is 0 Å². The van der Waals surface area contributed by atoms with Gasteiger partial charge in [-0.2, -0.15) is 0 Å². The normalized spacial score (nSPS) is 17.3. The zero-order chi connectivity index (χ0) is 14.4. The molecule has 0 amide bonds. The zero-order valence-corrected chi connectivity index (χ0v) is 12.8. The fourth-order valence-corrected chi connectivity index (χ4v) is 2.76. The summed E-state index contributed by atoms with van der Waals surface area (Å²) in [6.07, 6.45) is 3.74. The number of anilines is 2. The zero-order valence-electron chi connectivity index (χ0n) is 12.8. The van der Waals surface area contributed by atoms with Crippen molar-refractivity contribution in [2.75, 3.05) is 37.5 Å². The van der Waals surface area contributed by atoms with Crippen LogP contribution in [-0.2, 0) is 9.47 Å². The van der Waals surface area contributed by atoms with Crippen molar-refractivity contribution >= 4 is 11.4 Å². The Hall–Kier alpha value is -1.26. The molecule has 1 saturated heterocycles. The van der Waals surface area contributed by atoms with Gasteiger partial charge in [0.1, 0.15) is 0 Å². The minimum Gasteiger partial charge on any atom is -0.377 e. The molecule has 4 nitrogen and oxygen atoms in total. The first-order chi connectivity index (χ1) is 9.74. The van der Waals surface area contributed by atoms with Crippen molar-refractivity contribution in [3.05, 3.63) is 24.3 Å². The Balaban J connectivity index is 1.93. The molecular weight excluding hydrogens is 252 g/mol. The van der Waals surface area contributed by atoms with E-state index in [1.807, 2.05) is 0 Å². The highest BCUT2D eigenvalue weighted by molar-refractivity contribution is 5.55. The van der Waals surface area contributed by atoms with Crippen molar-refractivity contribution in [2.24, 2.45) is 0 Å². The highest BCUT2D eigenvalue weighted by Crippen LogP contribution is 2.22. The minimum absolute atomic E-state index is 0.103. The van der Waals surface area contributed by atoms with E-state index in [2.05, 4.69) is 41.4 Å². The largest absolute Gasteiger partial charge is 0.377 e. The standard InChI is InChI=1S/C16H26N2O2/c1-13(16(19-2)20-3)17-14-7-9-15(10-8-14)18-11-5-4-6-12-18/h7-10,13,16-17H,4-6,11-12H2,1-3H3. The molecular formula is C16H26N2O2. The maximum Gasteiger partial charge on any atom is 0.176 e. The summed E-state index contributed by atoms with van der Waals surface area (Å²) in [5.74, 6) is 0. The molecule has 1 atom stereocenters. The second kappa shape index (κ2) is 7.50. The van der Waals surface area contributed by atoms with Gasteiger partial charge in [-0.25, -0.2) is 0 Å². The molecule has 1 heterocycles. The summed E-state index contributed by atoms with van der Waals surface area (Å²) in [5.41, 5.74) is 2.41. The molecule has 0 bridgehead atoms. The maximum atomic E-state index is 5.26. The predicted molar refractivity (Wildman–Crippen MR) is 83.4 cm³/mol. The van der Waals surface area contributed by atoms with Gasteiger partial charge in [-0.05, 0) is 50.5 Å². The molecule has 4 heteroatoms. The Kier molecular flexibility index (Phi) is 5.68. The Bertz CT molecular complexity index is 384. The van der Waals surface area contributed by atoms with Gasteiger partial charge < -0.3 is 19.7 Å². The van der Waals surface area contributed by atoms with Gasteiger partial charge in [0.15, 0.2) is 6.29 Å². The van der Waals surface area contributed by atoms with E-state index < -0.39 is 0 Å². The average molecular weight is 278 g/mol. The molecule has 1 fully saturated rings. The van der Waals surface area contributed by atoms with Crippen molar-refractivity contribution in [1.82, 2.24) is 0 Å². The SMILES string of the molecule is COC(OC)C(C)Nc1ccc(N2CCCCC2)cc1. The number of hydrogen-bond acceptors (Lipinski definition) is 4. The van der Waals surface area contributed by atoms with E-state index in [0.717, 1.165) is 5.69 Å². The minimum atomic E-state index is -0.239. The Morgan fingerprint density at radius 2 is 1.60 bits per heavy atom. The van der Waals surface area contributed by atoms with Crippen LogP contribution in [0.4, 0.5) is 11.4 Å². The van der Waals surface area contributed by atoms with Gasteiger partial charge in [0.25, 0.3) is 0 Å². The molecule has 0 spiro atoms. The van der Waals surface area contributed by atoms with Crippen LogP contribution in [0.3, 0.4) is 0 Å². The maximum absolute atomic E-state index is 5.26. The monoisotopic (exact) mass is 278 g/mol. The van der Waals surface area contributed by atoms with Crippen LogP contribution in [-0.4, -0.2) is 39.6 Å². The summed E-state index contributed by atoms with van der Waals surface area (Å²) >= 11 is 0. The van der Waals surface area contributed by atoms with Crippen molar-refractivity contribution in [3.8, 4) is 0 Å². The molecule has 1 N–H and O–H groups in total. The van der Waals surface area contributed by atoms with E-state index in [9.17, 15) is 0 Å². The van der Waals surface area contributed by atoms with Crippen LogP contribution in [0.5, 0.6) is 0 Å². The molecule has 0 radical (unpaired) electrons. The highest BCUT2D eigenvalue weighted by atomic mass is 16.7.